The molecule has 0 saturated heterocycles. The average molecular weight is 311 g/mol. The van der Waals surface area contributed by atoms with E-state index in [1.54, 1.807) is 6.07 Å². The molecule has 0 aliphatic carbocycles. The Morgan fingerprint density at radius 1 is 1.48 bits per heavy atom. The van der Waals surface area contributed by atoms with E-state index in [1.165, 1.54) is 19.2 Å². The molecule has 0 aliphatic heterocycles. The van der Waals surface area contributed by atoms with Crippen LogP contribution in [0.25, 0.3) is 0 Å². The van der Waals surface area contributed by atoms with Gasteiger partial charge in [-0.15, -0.1) is 0 Å². The van der Waals surface area contributed by atoms with E-state index in [0.29, 0.717) is 12.2 Å². The second-order valence-electron chi connectivity index (χ2n) is 4.74. The molecule has 0 fully saturated rings. The first-order chi connectivity index (χ1) is 9.83. The van der Waals surface area contributed by atoms with Crippen LogP contribution < -0.4 is 15.4 Å². The molecule has 114 valence electrons. The predicted octanol–water partition coefficient (Wildman–Crippen LogP) is 2.46. The zero-order chi connectivity index (χ0) is 16.0. The molecule has 0 unspecified atom stereocenters. The lowest BCUT2D eigenvalue weighted by molar-refractivity contribution is -0.384. The minimum Gasteiger partial charge on any atom is -0.496 e. The molecule has 21 heavy (non-hydrogen) atoms. The minimum absolute atomic E-state index is 0.0221. The number of ether oxygens (including phenoxy) is 1. The predicted molar refractivity (Wildman–Crippen MR) is 83.5 cm³/mol. The van der Waals surface area contributed by atoms with Crippen molar-refractivity contribution in [3.63, 3.8) is 0 Å². The van der Waals surface area contributed by atoms with Crippen LogP contribution in [0.4, 0.5) is 11.4 Å². The average Bonchev–Trinajstić information content (AvgIpc) is 2.37. The molecule has 0 aromatic heterocycles. The van der Waals surface area contributed by atoms with Crippen molar-refractivity contribution in [2.24, 2.45) is 5.92 Å². The maximum atomic E-state index is 11.6. The Bertz CT molecular complexity index is 560. The number of amides is 1. The van der Waals surface area contributed by atoms with E-state index in [-0.39, 0.29) is 28.3 Å². The van der Waals surface area contributed by atoms with Crippen molar-refractivity contribution in [3.05, 3.63) is 28.3 Å². The van der Waals surface area contributed by atoms with Gasteiger partial charge in [-0.3, -0.25) is 14.9 Å². The van der Waals surface area contributed by atoms with Gasteiger partial charge in [0.2, 0.25) is 5.91 Å². The summed E-state index contributed by atoms with van der Waals surface area (Å²) in [5, 5.41) is 16.2. The van der Waals surface area contributed by atoms with Gasteiger partial charge in [0, 0.05) is 6.42 Å². The van der Waals surface area contributed by atoms with E-state index in [2.05, 4.69) is 10.6 Å². The van der Waals surface area contributed by atoms with Gasteiger partial charge in [-0.1, -0.05) is 13.8 Å². The van der Waals surface area contributed by atoms with Crippen molar-refractivity contribution < 1.29 is 14.5 Å². The number of carbonyl (C=O) groups is 1. The first-order valence-corrected chi connectivity index (χ1v) is 6.67. The summed E-state index contributed by atoms with van der Waals surface area (Å²) in [5.74, 6) is 0.323. The molecule has 0 radical (unpaired) electrons. The van der Waals surface area contributed by atoms with Crippen LogP contribution >= 0.6 is 12.2 Å². The summed E-state index contributed by atoms with van der Waals surface area (Å²) in [4.78, 5) is 22.0. The lowest BCUT2D eigenvalue weighted by atomic mass is 10.1. The van der Waals surface area contributed by atoms with Crippen molar-refractivity contribution in [2.45, 2.75) is 20.3 Å². The summed E-state index contributed by atoms with van der Waals surface area (Å²) in [5.41, 5.74) is 0.00505. The number of nitro benzene ring substituents is 1. The van der Waals surface area contributed by atoms with E-state index in [4.69, 9.17) is 17.0 Å². The number of methoxy groups -OCH3 is 1. The summed E-state index contributed by atoms with van der Waals surface area (Å²) in [7, 11) is 1.42. The molecule has 7 nitrogen and oxygen atoms in total. The molecule has 2 N–H and O–H groups in total. The Hall–Kier alpha value is -2.22. The smallest absolute Gasteiger partial charge is 0.296 e. The van der Waals surface area contributed by atoms with E-state index < -0.39 is 4.92 Å². The largest absolute Gasteiger partial charge is 0.496 e. The second kappa shape index (κ2) is 7.53. The molecular weight excluding hydrogens is 294 g/mol. The third kappa shape index (κ3) is 5.35. The zero-order valence-electron chi connectivity index (χ0n) is 12.0. The fourth-order valence-corrected chi connectivity index (χ4v) is 1.82. The standard InChI is InChI=1S/C13H17N3O4S/c1-8(2)6-12(17)15-13(21)14-10-5-4-9(20-3)7-11(10)16(18)19/h4-5,7-8H,6H2,1-3H3,(H2,14,15,17,21). The number of hydrogen-bond donors (Lipinski definition) is 2. The second-order valence-corrected chi connectivity index (χ2v) is 5.15. The molecular formula is C13H17N3O4S. The molecule has 1 aromatic rings. The van der Waals surface area contributed by atoms with Gasteiger partial charge in [0.15, 0.2) is 5.11 Å². The van der Waals surface area contributed by atoms with Gasteiger partial charge in [-0.25, -0.2) is 0 Å². The third-order valence-corrected chi connectivity index (χ3v) is 2.70. The summed E-state index contributed by atoms with van der Waals surface area (Å²) in [6, 6.07) is 4.31. The summed E-state index contributed by atoms with van der Waals surface area (Å²) in [6.07, 6.45) is 0.326. The Kier molecular flexibility index (Phi) is 6.04. The highest BCUT2D eigenvalue weighted by Gasteiger charge is 2.17. The van der Waals surface area contributed by atoms with Gasteiger partial charge >= 0.3 is 0 Å². The number of carbonyl (C=O) groups excluding carboxylic acids is 1. The number of nitrogens with one attached hydrogen (secondary N) is 2. The highest BCUT2D eigenvalue weighted by Crippen LogP contribution is 2.28. The van der Waals surface area contributed by atoms with Crippen LogP contribution in [0.1, 0.15) is 20.3 Å². The summed E-state index contributed by atoms with van der Waals surface area (Å²) < 4.78 is 4.94. The number of hydrogen-bond acceptors (Lipinski definition) is 5. The van der Waals surface area contributed by atoms with Crippen LogP contribution in [0.5, 0.6) is 5.75 Å². The number of benzene rings is 1. The van der Waals surface area contributed by atoms with E-state index >= 15 is 0 Å². The lowest BCUT2D eigenvalue weighted by Crippen LogP contribution is -2.34. The number of thiocarbonyl (C=S) groups is 1. The van der Waals surface area contributed by atoms with Gasteiger partial charge in [0.25, 0.3) is 5.69 Å². The molecule has 1 amide bonds. The van der Waals surface area contributed by atoms with E-state index in [9.17, 15) is 14.9 Å². The van der Waals surface area contributed by atoms with Crippen LogP contribution in [0.15, 0.2) is 18.2 Å². The molecule has 0 bridgehead atoms. The van der Waals surface area contributed by atoms with Crippen molar-refractivity contribution in [2.75, 3.05) is 12.4 Å². The molecule has 0 atom stereocenters. The molecule has 1 rings (SSSR count). The van der Waals surface area contributed by atoms with Crippen LogP contribution in [0.2, 0.25) is 0 Å². The van der Waals surface area contributed by atoms with Gasteiger partial charge in [-0.05, 0) is 30.3 Å². The Morgan fingerprint density at radius 3 is 2.67 bits per heavy atom. The Morgan fingerprint density at radius 2 is 2.14 bits per heavy atom. The van der Waals surface area contributed by atoms with Crippen LogP contribution in [0, 0.1) is 16.0 Å². The zero-order valence-corrected chi connectivity index (χ0v) is 12.8. The van der Waals surface area contributed by atoms with E-state index in [1.807, 2.05) is 13.8 Å². The van der Waals surface area contributed by atoms with Crippen LogP contribution in [0.3, 0.4) is 0 Å². The maximum absolute atomic E-state index is 11.6. The van der Waals surface area contributed by atoms with Crippen molar-refractivity contribution in [3.8, 4) is 5.75 Å². The number of nitro groups is 1. The fraction of sp³-hybridized carbons (Fsp3) is 0.385. The van der Waals surface area contributed by atoms with Crippen molar-refractivity contribution in [1.82, 2.24) is 5.32 Å². The molecule has 1 aromatic carbocycles. The molecule has 0 saturated carbocycles. The highest BCUT2D eigenvalue weighted by atomic mass is 32.1. The summed E-state index contributed by atoms with van der Waals surface area (Å²) in [6.45, 7) is 3.81. The van der Waals surface area contributed by atoms with Gasteiger partial charge in [0.1, 0.15) is 11.4 Å². The quantitative estimate of drug-likeness (QED) is 0.493. The van der Waals surface area contributed by atoms with Gasteiger partial charge in [-0.2, -0.15) is 0 Å². The van der Waals surface area contributed by atoms with Crippen molar-refractivity contribution >= 4 is 34.6 Å². The lowest BCUT2D eigenvalue weighted by Gasteiger charge is -2.11. The molecule has 8 heteroatoms. The first kappa shape index (κ1) is 16.8. The van der Waals surface area contributed by atoms with Crippen molar-refractivity contribution in [1.29, 1.82) is 0 Å². The monoisotopic (exact) mass is 311 g/mol. The SMILES string of the molecule is COc1ccc(NC(=S)NC(=O)CC(C)C)c([N+](=O)[O-])c1. The van der Waals surface area contributed by atoms with Crippen LogP contribution in [-0.2, 0) is 4.79 Å². The Balaban J connectivity index is 2.80. The first-order valence-electron chi connectivity index (χ1n) is 6.26. The van der Waals surface area contributed by atoms with Crippen LogP contribution in [-0.4, -0.2) is 23.1 Å². The molecule has 0 aliphatic rings. The Labute approximate surface area is 127 Å². The van der Waals surface area contributed by atoms with Gasteiger partial charge < -0.3 is 15.4 Å². The van der Waals surface area contributed by atoms with Gasteiger partial charge in [0.05, 0.1) is 18.1 Å². The normalized spacial score (nSPS) is 10.1. The number of nitrogens with zero attached hydrogens (tertiary/aromatic N) is 1. The molecule has 0 spiro atoms. The van der Waals surface area contributed by atoms with E-state index in [0.717, 1.165) is 0 Å². The fourth-order valence-electron chi connectivity index (χ4n) is 1.60. The highest BCUT2D eigenvalue weighted by molar-refractivity contribution is 7.80. The third-order valence-electron chi connectivity index (χ3n) is 2.50. The topological polar surface area (TPSA) is 93.5 Å². The summed E-state index contributed by atoms with van der Waals surface area (Å²) >= 11 is 4.98. The number of anilines is 1. The minimum atomic E-state index is -0.552. The number of rotatable bonds is 5. The molecule has 0 heterocycles. The maximum Gasteiger partial charge on any atom is 0.296 e.